The van der Waals surface area contributed by atoms with Crippen LogP contribution in [-0.2, 0) is 10.0 Å². The number of benzene rings is 1. The van der Waals surface area contributed by atoms with Gasteiger partial charge in [-0.25, -0.2) is 17.5 Å². The lowest BCUT2D eigenvalue weighted by Crippen LogP contribution is -2.25. The molecule has 0 spiro atoms. The summed E-state index contributed by atoms with van der Waals surface area (Å²) in [5.41, 5.74) is 0.208. The van der Waals surface area contributed by atoms with Crippen molar-refractivity contribution in [1.29, 1.82) is 0 Å². The predicted octanol–water partition coefficient (Wildman–Crippen LogP) is 2.50. The number of carbonyl (C=O) groups is 1. The zero-order valence-corrected chi connectivity index (χ0v) is 11.9. The monoisotopic (exact) mass is 287 g/mol. The molecule has 0 fully saturated rings. The summed E-state index contributed by atoms with van der Waals surface area (Å²) in [5.74, 6) is -1.07. The van der Waals surface area contributed by atoms with E-state index >= 15 is 0 Å². The quantitative estimate of drug-likeness (QED) is 0.619. The Labute approximate surface area is 113 Å². The second-order valence-electron chi connectivity index (χ2n) is 4.17. The SMILES string of the molecule is CCCCNS(=O)(=O)c1cc(C(=O)CC)ccc1F. The van der Waals surface area contributed by atoms with E-state index in [0.29, 0.717) is 6.42 Å². The molecule has 0 saturated carbocycles. The number of carbonyl (C=O) groups excluding carboxylic acids is 1. The van der Waals surface area contributed by atoms with E-state index in [-0.39, 0.29) is 24.3 Å². The number of halogens is 1. The van der Waals surface area contributed by atoms with E-state index in [4.69, 9.17) is 0 Å². The normalized spacial score (nSPS) is 11.5. The number of rotatable bonds is 7. The van der Waals surface area contributed by atoms with Crippen LogP contribution >= 0.6 is 0 Å². The van der Waals surface area contributed by atoms with Crippen molar-refractivity contribution in [3.05, 3.63) is 29.6 Å². The Hall–Kier alpha value is -1.27. The fourth-order valence-corrected chi connectivity index (χ4v) is 2.72. The van der Waals surface area contributed by atoms with Crippen molar-refractivity contribution in [2.45, 2.75) is 38.0 Å². The summed E-state index contributed by atoms with van der Waals surface area (Å²) in [6.45, 7) is 3.85. The molecule has 0 unspecified atom stereocenters. The van der Waals surface area contributed by atoms with E-state index in [1.54, 1.807) is 6.92 Å². The summed E-state index contributed by atoms with van der Waals surface area (Å²) in [7, 11) is -3.90. The molecule has 0 amide bonds. The van der Waals surface area contributed by atoms with Crippen molar-refractivity contribution in [1.82, 2.24) is 4.72 Å². The van der Waals surface area contributed by atoms with Gasteiger partial charge in [0.15, 0.2) is 5.78 Å². The van der Waals surface area contributed by atoms with Crippen molar-refractivity contribution in [2.24, 2.45) is 0 Å². The molecule has 4 nitrogen and oxygen atoms in total. The van der Waals surface area contributed by atoms with Crippen molar-refractivity contribution in [2.75, 3.05) is 6.54 Å². The van der Waals surface area contributed by atoms with Gasteiger partial charge in [0.1, 0.15) is 10.7 Å². The molecule has 0 radical (unpaired) electrons. The minimum atomic E-state index is -3.90. The van der Waals surface area contributed by atoms with Crippen molar-refractivity contribution < 1.29 is 17.6 Å². The first-order valence-corrected chi connectivity index (χ1v) is 7.73. The maximum atomic E-state index is 13.6. The second kappa shape index (κ2) is 6.77. The molecule has 0 atom stereocenters. The van der Waals surface area contributed by atoms with Gasteiger partial charge in [-0.3, -0.25) is 4.79 Å². The Morgan fingerprint density at radius 1 is 1.32 bits per heavy atom. The molecule has 0 aliphatic carbocycles. The first kappa shape index (κ1) is 15.8. The first-order chi connectivity index (χ1) is 8.92. The van der Waals surface area contributed by atoms with Gasteiger partial charge in [0.05, 0.1) is 0 Å². The fourth-order valence-electron chi connectivity index (χ4n) is 1.55. The molecule has 1 aromatic carbocycles. The molecule has 1 aromatic rings. The molecule has 0 aliphatic heterocycles. The molecule has 19 heavy (non-hydrogen) atoms. The summed E-state index contributed by atoms with van der Waals surface area (Å²) in [6.07, 6.45) is 1.75. The third-order valence-corrected chi connectivity index (χ3v) is 4.16. The van der Waals surface area contributed by atoms with E-state index in [0.717, 1.165) is 18.6 Å². The number of Topliss-reactive ketones (excluding diaryl/α,β-unsaturated/α-hetero) is 1. The molecular formula is C13H18FNO3S. The highest BCUT2D eigenvalue weighted by Gasteiger charge is 2.20. The number of nitrogens with one attached hydrogen (secondary N) is 1. The number of unbranched alkanes of at least 4 members (excludes halogenated alkanes) is 1. The summed E-state index contributed by atoms with van der Waals surface area (Å²) < 4.78 is 39.8. The molecular weight excluding hydrogens is 269 g/mol. The van der Waals surface area contributed by atoms with Crippen molar-refractivity contribution in [3.63, 3.8) is 0 Å². The number of sulfonamides is 1. The van der Waals surface area contributed by atoms with Gasteiger partial charge in [-0.15, -0.1) is 0 Å². The standard InChI is InChI=1S/C13H18FNO3S/c1-3-5-8-15-19(17,18)13-9-10(12(16)4-2)6-7-11(13)14/h6-7,9,15H,3-5,8H2,1-2H3. The van der Waals surface area contributed by atoms with Gasteiger partial charge in [0.25, 0.3) is 0 Å². The van der Waals surface area contributed by atoms with Crippen LogP contribution in [0.1, 0.15) is 43.5 Å². The zero-order chi connectivity index (χ0) is 14.5. The lowest BCUT2D eigenvalue weighted by Gasteiger charge is -2.08. The van der Waals surface area contributed by atoms with E-state index in [9.17, 15) is 17.6 Å². The van der Waals surface area contributed by atoms with E-state index in [1.165, 1.54) is 6.07 Å². The van der Waals surface area contributed by atoms with Crippen LogP contribution in [0.15, 0.2) is 23.1 Å². The number of hydrogen-bond acceptors (Lipinski definition) is 3. The lowest BCUT2D eigenvalue weighted by atomic mass is 10.1. The van der Waals surface area contributed by atoms with E-state index < -0.39 is 20.7 Å². The van der Waals surface area contributed by atoms with Crippen LogP contribution in [0.5, 0.6) is 0 Å². The van der Waals surface area contributed by atoms with Gasteiger partial charge in [-0.05, 0) is 24.6 Å². The van der Waals surface area contributed by atoms with Crippen LogP contribution in [0, 0.1) is 5.82 Å². The highest BCUT2D eigenvalue weighted by atomic mass is 32.2. The maximum absolute atomic E-state index is 13.6. The Morgan fingerprint density at radius 2 is 2.00 bits per heavy atom. The molecule has 106 valence electrons. The average Bonchev–Trinajstić information content (AvgIpc) is 2.38. The van der Waals surface area contributed by atoms with Crippen LogP contribution in [0.2, 0.25) is 0 Å². The summed E-state index contributed by atoms with van der Waals surface area (Å²) >= 11 is 0. The second-order valence-corrected chi connectivity index (χ2v) is 5.91. The number of hydrogen-bond donors (Lipinski definition) is 1. The van der Waals surface area contributed by atoms with Crippen molar-refractivity contribution in [3.8, 4) is 0 Å². The van der Waals surface area contributed by atoms with Crippen molar-refractivity contribution >= 4 is 15.8 Å². The van der Waals surface area contributed by atoms with Crippen LogP contribution < -0.4 is 4.72 Å². The number of ketones is 1. The van der Waals surface area contributed by atoms with Gasteiger partial charge in [-0.1, -0.05) is 20.3 Å². The topological polar surface area (TPSA) is 63.2 Å². The maximum Gasteiger partial charge on any atom is 0.243 e. The van der Waals surface area contributed by atoms with Gasteiger partial charge in [0.2, 0.25) is 10.0 Å². The molecule has 0 saturated heterocycles. The third kappa shape index (κ3) is 4.11. The van der Waals surface area contributed by atoms with Crippen LogP contribution in [0.25, 0.3) is 0 Å². The minimum absolute atomic E-state index is 0.208. The van der Waals surface area contributed by atoms with Crippen LogP contribution in [-0.4, -0.2) is 20.7 Å². The zero-order valence-electron chi connectivity index (χ0n) is 11.1. The summed E-state index contributed by atoms with van der Waals surface area (Å²) in [6, 6.07) is 3.40. The Balaban J connectivity index is 3.07. The van der Waals surface area contributed by atoms with Gasteiger partial charge >= 0.3 is 0 Å². The minimum Gasteiger partial charge on any atom is -0.294 e. The molecule has 0 heterocycles. The largest absolute Gasteiger partial charge is 0.294 e. The van der Waals surface area contributed by atoms with E-state index in [1.807, 2.05) is 6.92 Å². The summed E-state index contributed by atoms with van der Waals surface area (Å²) in [4.78, 5) is 11.1. The Kier molecular flexibility index (Phi) is 5.62. The van der Waals surface area contributed by atoms with Gasteiger partial charge < -0.3 is 0 Å². The third-order valence-electron chi connectivity index (χ3n) is 2.69. The summed E-state index contributed by atoms with van der Waals surface area (Å²) in [5, 5.41) is 0. The molecule has 6 heteroatoms. The Morgan fingerprint density at radius 3 is 2.58 bits per heavy atom. The Bertz CT molecular complexity index is 555. The highest BCUT2D eigenvalue weighted by Crippen LogP contribution is 2.17. The average molecular weight is 287 g/mol. The van der Waals surface area contributed by atoms with Crippen LogP contribution in [0.3, 0.4) is 0 Å². The smallest absolute Gasteiger partial charge is 0.243 e. The molecule has 1 N–H and O–H groups in total. The van der Waals surface area contributed by atoms with Gasteiger partial charge in [0, 0.05) is 18.5 Å². The molecule has 1 rings (SSSR count). The fraction of sp³-hybridized carbons (Fsp3) is 0.462. The van der Waals surface area contributed by atoms with E-state index in [2.05, 4.69) is 4.72 Å². The van der Waals surface area contributed by atoms with Gasteiger partial charge in [-0.2, -0.15) is 0 Å². The first-order valence-electron chi connectivity index (χ1n) is 6.24. The predicted molar refractivity (Wildman–Crippen MR) is 71.1 cm³/mol. The molecule has 0 bridgehead atoms. The molecule has 0 aromatic heterocycles. The lowest BCUT2D eigenvalue weighted by molar-refractivity contribution is 0.0988. The molecule has 0 aliphatic rings. The van der Waals surface area contributed by atoms with Crippen LogP contribution in [0.4, 0.5) is 4.39 Å². The highest BCUT2D eigenvalue weighted by molar-refractivity contribution is 7.89.